The van der Waals surface area contributed by atoms with E-state index in [2.05, 4.69) is 26.8 Å². The smallest absolute Gasteiger partial charge is 0.428 e. The number of amides is 1. The highest BCUT2D eigenvalue weighted by atomic mass is 35.5. The van der Waals surface area contributed by atoms with Gasteiger partial charge in [-0.05, 0) is 30.5 Å². The van der Waals surface area contributed by atoms with Crippen molar-refractivity contribution >= 4 is 35.1 Å². The van der Waals surface area contributed by atoms with Crippen molar-refractivity contribution in [1.82, 2.24) is 14.7 Å². The van der Waals surface area contributed by atoms with Crippen molar-refractivity contribution in [3.05, 3.63) is 46.2 Å². The summed E-state index contributed by atoms with van der Waals surface area (Å²) >= 11 is 6.21. The molecule has 212 valence electrons. The first-order chi connectivity index (χ1) is 18.6. The predicted octanol–water partition coefficient (Wildman–Crippen LogP) is 5.16. The lowest BCUT2D eigenvalue weighted by Gasteiger charge is -2.25. The summed E-state index contributed by atoms with van der Waals surface area (Å²) in [7, 11) is 0.884. The van der Waals surface area contributed by atoms with Gasteiger partial charge < -0.3 is 15.4 Å². The zero-order valence-corrected chi connectivity index (χ0v) is 21.1. The molecule has 0 saturated heterocycles. The minimum atomic E-state index is -6.17. The number of hydrogen-bond acceptors (Lipinski definition) is 6. The van der Waals surface area contributed by atoms with Gasteiger partial charge in [-0.1, -0.05) is 23.6 Å². The van der Waals surface area contributed by atoms with Gasteiger partial charge in [0.25, 0.3) is 5.91 Å². The molecule has 1 saturated carbocycles. The zero-order valence-electron chi connectivity index (χ0n) is 20.3. The van der Waals surface area contributed by atoms with Gasteiger partial charge in [0.05, 0.1) is 23.2 Å². The summed E-state index contributed by atoms with van der Waals surface area (Å²) in [6.45, 7) is -3.98. The summed E-state index contributed by atoms with van der Waals surface area (Å²) in [4.78, 5) is 18.2. The molecule has 0 unspecified atom stereocenters. The first kappa shape index (κ1) is 30.3. The predicted molar refractivity (Wildman–Crippen MR) is 129 cm³/mol. The number of aromatic nitrogens is 2. The second kappa shape index (κ2) is 11.1. The van der Waals surface area contributed by atoms with Gasteiger partial charge in [0, 0.05) is 25.0 Å². The van der Waals surface area contributed by atoms with E-state index in [1.54, 1.807) is 0 Å². The Morgan fingerprint density at radius 2 is 2.02 bits per heavy atom. The van der Waals surface area contributed by atoms with Crippen LogP contribution in [0.15, 0.2) is 29.4 Å². The lowest BCUT2D eigenvalue weighted by molar-refractivity contribution is -0.291. The molecule has 3 rings (SSSR count). The number of ether oxygens (including phenoxy) is 1. The second-order valence-electron chi connectivity index (χ2n) is 8.39. The minimum Gasteiger partial charge on any atom is -0.428 e. The molecule has 1 aromatic carbocycles. The van der Waals surface area contributed by atoms with Gasteiger partial charge in [-0.15, -0.1) is 6.42 Å². The van der Waals surface area contributed by atoms with Crippen molar-refractivity contribution in [2.24, 2.45) is 17.8 Å². The van der Waals surface area contributed by atoms with Crippen molar-refractivity contribution in [3.63, 3.8) is 0 Å². The standard InChI is InChI=1S/C24H18ClF7N6O2/c1-3-8-38(22(12-34)6-7-22)20(39)15-9-13(4-5-16(15)25)14(10-33)11-35-19-17(40-21(26)27)18(36-37(19)2)23(28,29)24(30,31)32/h1,4-5,9-11,21H,6-8,33H2,2H3/b14-10+,35-11+. The number of nitrogens with zero attached hydrogens (tertiary/aromatic N) is 5. The number of aryl methyl sites for hydroxylation is 1. The summed E-state index contributed by atoms with van der Waals surface area (Å²) in [5.41, 5.74) is 2.46. The van der Waals surface area contributed by atoms with Gasteiger partial charge >= 0.3 is 18.7 Å². The Balaban J connectivity index is 2.04. The summed E-state index contributed by atoms with van der Waals surface area (Å²) < 4.78 is 97.0. The van der Waals surface area contributed by atoms with Gasteiger partial charge in [-0.3, -0.25) is 4.79 Å². The topological polar surface area (TPSA) is 110 Å². The molecule has 1 fully saturated rings. The lowest BCUT2D eigenvalue weighted by Crippen LogP contribution is -2.41. The number of carbonyl (C=O) groups is 1. The number of nitrogens with two attached hydrogens (primary N) is 1. The first-order valence-electron chi connectivity index (χ1n) is 11.0. The van der Waals surface area contributed by atoms with Crippen molar-refractivity contribution in [2.45, 2.75) is 37.1 Å². The Morgan fingerprint density at radius 1 is 1.38 bits per heavy atom. The molecule has 2 aromatic rings. The van der Waals surface area contributed by atoms with E-state index in [1.165, 1.54) is 23.1 Å². The van der Waals surface area contributed by atoms with Crippen LogP contribution in [-0.4, -0.2) is 51.7 Å². The van der Waals surface area contributed by atoms with E-state index < -0.39 is 47.4 Å². The molecule has 0 aliphatic heterocycles. The van der Waals surface area contributed by atoms with Gasteiger partial charge in [0.1, 0.15) is 5.54 Å². The number of halogens is 8. The van der Waals surface area contributed by atoms with Crippen LogP contribution in [0.1, 0.15) is 34.5 Å². The average Bonchev–Trinajstić information content (AvgIpc) is 3.61. The molecule has 1 amide bonds. The largest absolute Gasteiger partial charge is 0.459 e. The van der Waals surface area contributed by atoms with Crippen molar-refractivity contribution in [3.8, 4) is 24.2 Å². The summed E-state index contributed by atoms with van der Waals surface area (Å²) in [6.07, 6.45) is 1.77. The molecule has 16 heteroatoms. The fourth-order valence-corrected chi connectivity index (χ4v) is 3.80. The summed E-state index contributed by atoms with van der Waals surface area (Å²) in [6, 6.07) is 5.99. The quantitative estimate of drug-likeness (QED) is 0.246. The van der Waals surface area contributed by atoms with E-state index in [9.17, 15) is 40.8 Å². The zero-order chi connectivity index (χ0) is 30.0. The molecule has 1 aliphatic rings. The highest BCUT2D eigenvalue weighted by Gasteiger charge is 2.62. The molecule has 0 bridgehead atoms. The number of hydrogen-bond donors (Lipinski definition) is 1. The SMILES string of the molecule is C#CCN(C(=O)c1cc(C(=C/N)/C=N/c2c(OC(F)F)c(C(F)(F)C(F)(F)F)nn2C)ccc1Cl)C1(C#N)CC1. The number of terminal acetylenes is 1. The number of carbonyl (C=O) groups excluding carboxylic acids is 1. The van der Waals surface area contributed by atoms with Crippen LogP contribution in [0.2, 0.25) is 5.02 Å². The minimum absolute atomic E-state index is 0.0175. The van der Waals surface area contributed by atoms with Gasteiger partial charge in [-0.25, -0.2) is 9.67 Å². The number of benzene rings is 1. The number of nitriles is 1. The molecule has 8 nitrogen and oxygen atoms in total. The number of allylic oxidation sites excluding steroid dienone is 1. The fraction of sp³-hybridized carbons (Fsp3) is 0.333. The van der Waals surface area contributed by atoms with Gasteiger partial charge in [-0.2, -0.15) is 41.1 Å². The molecule has 1 aromatic heterocycles. The van der Waals surface area contributed by atoms with E-state index in [1.807, 2.05) is 0 Å². The molecular formula is C24H18ClF7N6O2. The van der Waals surface area contributed by atoms with Crippen LogP contribution < -0.4 is 10.5 Å². The molecule has 1 aliphatic carbocycles. The molecular weight excluding hydrogens is 573 g/mol. The highest BCUT2D eigenvalue weighted by Crippen LogP contribution is 2.49. The van der Waals surface area contributed by atoms with Crippen LogP contribution in [0.3, 0.4) is 0 Å². The van der Waals surface area contributed by atoms with Gasteiger partial charge in [0.2, 0.25) is 0 Å². The Hall–Kier alpha value is -4.24. The number of aliphatic imine (C=N–C) groups is 1. The first-order valence-corrected chi connectivity index (χ1v) is 11.4. The third kappa shape index (κ3) is 5.70. The van der Waals surface area contributed by atoms with Gasteiger partial charge in [0.15, 0.2) is 17.3 Å². The molecule has 0 radical (unpaired) electrons. The Labute approximate surface area is 227 Å². The van der Waals surface area contributed by atoms with Crippen LogP contribution in [0.25, 0.3) is 5.57 Å². The molecule has 0 atom stereocenters. The second-order valence-corrected chi connectivity index (χ2v) is 8.80. The van der Waals surface area contributed by atoms with E-state index >= 15 is 0 Å². The Kier molecular flexibility index (Phi) is 8.40. The maximum atomic E-state index is 14.0. The molecule has 1 heterocycles. The summed E-state index contributed by atoms with van der Waals surface area (Å²) in [5, 5.41) is 12.5. The molecule has 2 N–H and O–H groups in total. The third-order valence-electron chi connectivity index (χ3n) is 5.81. The normalized spacial score (nSPS) is 15.2. The summed E-state index contributed by atoms with van der Waals surface area (Å²) in [5.74, 6) is -6.51. The van der Waals surface area contributed by atoms with Crippen LogP contribution in [0, 0.1) is 23.7 Å². The Bertz CT molecular complexity index is 1450. The van der Waals surface area contributed by atoms with Crippen LogP contribution in [-0.2, 0) is 13.0 Å². The number of alkyl halides is 7. The van der Waals surface area contributed by atoms with E-state index in [0.717, 1.165) is 19.5 Å². The van der Waals surface area contributed by atoms with E-state index in [-0.39, 0.29) is 28.3 Å². The lowest BCUT2D eigenvalue weighted by atomic mass is 10.0. The fourth-order valence-electron chi connectivity index (χ4n) is 3.60. The maximum absolute atomic E-state index is 14.0. The monoisotopic (exact) mass is 590 g/mol. The van der Waals surface area contributed by atoms with Crippen LogP contribution in [0.4, 0.5) is 36.6 Å². The molecule has 0 spiro atoms. The molecule has 40 heavy (non-hydrogen) atoms. The van der Waals surface area contributed by atoms with E-state index in [0.29, 0.717) is 17.5 Å². The highest BCUT2D eigenvalue weighted by molar-refractivity contribution is 6.34. The van der Waals surface area contributed by atoms with E-state index in [4.69, 9.17) is 23.8 Å². The van der Waals surface area contributed by atoms with Crippen LogP contribution >= 0.6 is 11.6 Å². The third-order valence-corrected chi connectivity index (χ3v) is 6.14. The van der Waals surface area contributed by atoms with Crippen molar-refractivity contribution in [1.29, 1.82) is 5.26 Å². The maximum Gasteiger partial charge on any atom is 0.459 e. The Morgan fingerprint density at radius 3 is 2.52 bits per heavy atom. The van der Waals surface area contributed by atoms with Crippen LogP contribution in [0.5, 0.6) is 5.75 Å². The average molecular weight is 591 g/mol. The number of rotatable bonds is 9. The van der Waals surface area contributed by atoms with Crippen molar-refractivity contribution < 1.29 is 40.3 Å². The van der Waals surface area contributed by atoms with Crippen molar-refractivity contribution in [2.75, 3.05) is 6.54 Å².